The summed E-state index contributed by atoms with van der Waals surface area (Å²) in [7, 11) is 0. The van der Waals surface area contributed by atoms with Gasteiger partial charge in [-0.3, -0.25) is 4.79 Å². The number of carbonyl (C=O) groups excluding carboxylic acids is 2. The van der Waals surface area contributed by atoms with Gasteiger partial charge in [0.15, 0.2) is 5.78 Å². The zero-order valence-electron chi connectivity index (χ0n) is 18.4. The first kappa shape index (κ1) is 21.4. The van der Waals surface area contributed by atoms with Crippen molar-refractivity contribution >= 4 is 33.3 Å². The highest BCUT2D eigenvalue weighted by Gasteiger charge is 2.13. The molecule has 0 heterocycles. The maximum Gasteiger partial charge on any atom is 0.338 e. The molecule has 5 rings (SSSR count). The van der Waals surface area contributed by atoms with Gasteiger partial charge in [-0.15, -0.1) is 0 Å². The monoisotopic (exact) mass is 446 g/mol. The van der Waals surface area contributed by atoms with E-state index in [2.05, 4.69) is 0 Å². The van der Waals surface area contributed by atoms with Crippen LogP contribution in [-0.4, -0.2) is 25.0 Å². The molecule has 0 aliphatic rings. The standard InChI is InChI=1S/C30H22O4/c31-29(27-13-5-9-21-7-1-3-11-25(21)27)23-15-17-24(18-16-23)33-19-20-34-30(32)28-14-6-10-22-8-2-4-12-26(22)28/h1-18H,19-20H2. The van der Waals surface area contributed by atoms with Crippen LogP contribution < -0.4 is 4.74 Å². The van der Waals surface area contributed by atoms with Gasteiger partial charge in [-0.25, -0.2) is 4.79 Å². The maximum atomic E-state index is 13.0. The fraction of sp³-hybridized carbons (Fsp3) is 0.0667. The quantitative estimate of drug-likeness (QED) is 0.164. The molecule has 5 aromatic rings. The molecule has 0 fully saturated rings. The Bertz CT molecular complexity index is 1470. The van der Waals surface area contributed by atoms with Gasteiger partial charge in [-0.1, -0.05) is 78.9 Å². The minimum absolute atomic E-state index is 0.0348. The predicted molar refractivity (Wildman–Crippen MR) is 134 cm³/mol. The Labute approximate surface area is 197 Å². The number of ketones is 1. The summed E-state index contributed by atoms with van der Waals surface area (Å²) in [5.41, 5.74) is 1.80. The first-order chi connectivity index (χ1) is 16.7. The van der Waals surface area contributed by atoms with Crippen molar-refractivity contribution in [1.29, 1.82) is 0 Å². The van der Waals surface area contributed by atoms with Crippen LogP contribution in [0, 0.1) is 0 Å². The van der Waals surface area contributed by atoms with E-state index in [4.69, 9.17) is 9.47 Å². The van der Waals surface area contributed by atoms with Crippen molar-refractivity contribution in [2.24, 2.45) is 0 Å². The highest BCUT2D eigenvalue weighted by molar-refractivity contribution is 6.16. The van der Waals surface area contributed by atoms with Gasteiger partial charge < -0.3 is 9.47 Å². The van der Waals surface area contributed by atoms with Crippen LogP contribution in [0.25, 0.3) is 21.5 Å². The lowest BCUT2D eigenvalue weighted by Gasteiger charge is -2.10. The molecule has 0 saturated heterocycles. The minimum atomic E-state index is -0.378. The van der Waals surface area contributed by atoms with Crippen molar-refractivity contribution in [3.05, 3.63) is 126 Å². The number of hydrogen-bond acceptors (Lipinski definition) is 4. The molecule has 0 radical (unpaired) electrons. The van der Waals surface area contributed by atoms with Crippen LogP contribution in [0.2, 0.25) is 0 Å². The summed E-state index contributed by atoms with van der Waals surface area (Å²) in [6.07, 6.45) is 0. The van der Waals surface area contributed by atoms with E-state index < -0.39 is 0 Å². The molecule has 0 bridgehead atoms. The molecule has 0 aliphatic heterocycles. The fourth-order valence-electron chi connectivity index (χ4n) is 4.06. The summed E-state index contributed by atoms with van der Waals surface area (Å²) in [6, 6.07) is 33.9. The summed E-state index contributed by atoms with van der Waals surface area (Å²) < 4.78 is 11.1. The van der Waals surface area contributed by atoms with E-state index in [1.165, 1.54) is 0 Å². The smallest absolute Gasteiger partial charge is 0.338 e. The molecule has 0 atom stereocenters. The molecule has 0 amide bonds. The van der Waals surface area contributed by atoms with Crippen molar-refractivity contribution in [3.63, 3.8) is 0 Å². The van der Waals surface area contributed by atoms with Gasteiger partial charge in [0.05, 0.1) is 5.56 Å². The van der Waals surface area contributed by atoms with Crippen molar-refractivity contribution in [3.8, 4) is 5.75 Å². The van der Waals surface area contributed by atoms with E-state index in [0.29, 0.717) is 22.4 Å². The first-order valence-electron chi connectivity index (χ1n) is 11.1. The average Bonchev–Trinajstić information content (AvgIpc) is 2.90. The third-order valence-corrected chi connectivity index (χ3v) is 5.75. The second kappa shape index (κ2) is 9.59. The molecule has 0 N–H and O–H groups in total. The van der Waals surface area contributed by atoms with Crippen LogP contribution in [0.5, 0.6) is 5.75 Å². The van der Waals surface area contributed by atoms with E-state index in [9.17, 15) is 9.59 Å². The lowest BCUT2D eigenvalue weighted by molar-refractivity contribution is 0.0452. The van der Waals surface area contributed by atoms with Crippen molar-refractivity contribution in [1.82, 2.24) is 0 Å². The molecule has 166 valence electrons. The first-order valence-corrected chi connectivity index (χ1v) is 11.1. The van der Waals surface area contributed by atoms with Crippen LogP contribution in [0.15, 0.2) is 109 Å². The number of hydrogen-bond donors (Lipinski definition) is 0. The van der Waals surface area contributed by atoms with Crippen LogP contribution in [0.4, 0.5) is 0 Å². The van der Waals surface area contributed by atoms with Crippen LogP contribution in [0.3, 0.4) is 0 Å². The Balaban J connectivity index is 1.19. The van der Waals surface area contributed by atoms with Crippen molar-refractivity contribution in [2.75, 3.05) is 13.2 Å². The Morgan fingerprint density at radius 3 is 1.79 bits per heavy atom. The highest BCUT2D eigenvalue weighted by atomic mass is 16.6. The molecule has 4 heteroatoms. The minimum Gasteiger partial charge on any atom is -0.490 e. The molecule has 0 unspecified atom stereocenters. The van der Waals surface area contributed by atoms with Gasteiger partial charge in [-0.2, -0.15) is 0 Å². The molecule has 34 heavy (non-hydrogen) atoms. The summed E-state index contributed by atoms with van der Waals surface area (Å²) >= 11 is 0. The number of fused-ring (bicyclic) bond motifs is 2. The van der Waals surface area contributed by atoms with Crippen molar-refractivity contribution in [2.45, 2.75) is 0 Å². The second-order valence-electron chi connectivity index (χ2n) is 7.89. The lowest BCUT2D eigenvalue weighted by atomic mass is 9.97. The molecule has 0 spiro atoms. The molecular formula is C30H22O4. The predicted octanol–water partition coefficient (Wildman–Crippen LogP) is 6.46. The van der Waals surface area contributed by atoms with Gasteiger partial charge in [0.2, 0.25) is 0 Å². The maximum absolute atomic E-state index is 13.0. The molecular weight excluding hydrogens is 424 g/mol. The van der Waals surface area contributed by atoms with E-state index in [1.807, 2.05) is 78.9 Å². The van der Waals surface area contributed by atoms with Crippen LogP contribution in [0.1, 0.15) is 26.3 Å². The lowest BCUT2D eigenvalue weighted by Crippen LogP contribution is -2.12. The van der Waals surface area contributed by atoms with Crippen LogP contribution >= 0.6 is 0 Å². The normalized spacial score (nSPS) is 10.8. The molecule has 5 aromatic carbocycles. The second-order valence-corrected chi connectivity index (χ2v) is 7.89. The van der Waals surface area contributed by atoms with E-state index in [0.717, 1.165) is 21.5 Å². The number of benzene rings is 5. The zero-order chi connectivity index (χ0) is 23.3. The average molecular weight is 447 g/mol. The fourth-order valence-corrected chi connectivity index (χ4v) is 4.06. The molecule has 0 saturated carbocycles. The Hall–Kier alpha value is -4.44. The third-order valence-electron chi connectivity index (χ3n) is 5.75. The Kier molecular flexibility index (Phi) is 6.04. The van der Waals surface area contributed by atoms with E-state index in [1.54, 1.807) is 30.3 Å². The summed E-state index contributed by atoms with van der Waals surface area (Å²) in [4.78, 5) is 25.5. The van der Waals surface area contributed by atoms with Crippen molar-refractivity contribution < 1.29 is 19.1 Å². The van der Waals surface area contributed by atoms with E-state index in [-0.39, 0.29) is 25.0 Å². The molecule has 0 aromatic heterocycles. The topological polar surface area (TPSA) is 52.6 Å². The highest BCUT2D eigenvalue weighted by Crippen LogP contribution is 2.23. The van der Waals surface area contributed by atoms with Gasteiger partial charge in [-0.05, 0) is 51.9 Å². The Morgan fingerprint density at radius 2 is 1.12 bits per heavy atom. The summed E-state index contributed by atoms with van der Waals surface area (Å²) in [6.45, 7) is 0.339. The van der Waals surface area contributed by atoms with Crippen LogP contribution in [-0.2, 0) is 4.74 Å². The zero-order valence-corrected chi connectivity index (χ0v) is 18.4. The largest absolute Gasteiger partial charge is 0.490 e. The van der Waals surface area contributed by atoms with Gasteiger partial charge in [0.1, 0.15) is 19.0 Å². The number of carbonyl (C=O) groups is 2. The van der Waals surface area contributed by atoms with Gasteiger partial charge in [0.25, 0.3) is 0 Å². The van der Waals surface area contributed by atoms with Gasteiger partial charge in [0, 0.05) is 11.1 Å². The summed E-state index contributed by atoms with van der Waals surface area (Å²) in [5, 5.41) is 3.82. The van der Waals surface area contributed by atoms with E-state index >= 15 is 0 Å². The number of rotatable bonds is 7. The summed E-state index contributed by atoms with van der Waals surface area (Å²) in [5.74, 6) is 0.194. The molecule has 0 aliphatic carbocycles. The SMILES string of the molecule is O=C(OCCOc1ccc(C(=O)c2cccc3ccccc23)cc1)c1cccc2ccccc12. The van der Waals surface area contributed by atoms with Gasteiger partial charge >= 0.3 is 5.97 Å². The Morgan fingerprint density at radius 1 is 0.559 bits per heavy atom. The molecule has 4 nitrogen and oxygen atoms in total. The number of esters is 1. The third kappa shape index (κ3) is 4.39. The number of ether oxygens (including phenoxy) is 2.